The average molecular weight is 249 g/mol. The summed E-state index contributed by atoms with van der Waals surface area (Å²) < 4.78 is 25.8. The molecule has 5 heteroatoms. The fourth-order valence-electron chi connectivity index (χ4n) is 2.18. The Hall–Kier alpha value is -0.710. The molecule has 0 amide bonds. The Bertz CT molecular complexity index is 259. The molecule has 0 spiro atoms. The van der Waals surface area contributed by atoms with Gasteiger partial charge in [-0.25, -0.2) is 8.78 Å². The summed E-state index contributed by atoms with van der Waals surface area (Å²) in [5.74, 6) is -3.77. The number of likely N-dealkylation sites (tertiary alicyclic amines) is 1. The Balaban J connectivity index is 2.29. The van der Waals surface area contributed by atoms with Crippen LogP contribution < -0.4 is 0 Å². The van der Waals surface area contributed by atoms with E-state index in [0.29, 0.717) is 25.9 Å². The molecule has 1 saturated heterocycles. The second-order valence-corrected chi connectivity index (χ2v) is 4.85. The van der Waals surface area contributed by atoms with Gasteiger partial charge in [0, 0.05) is 13.0 Å². The van der Waals surface area contributed by atoms with Crippen LogP contribution in [0.4, 0.5) is 8.78 Å². The molecule has 0 aromatic rings. The summed E-state index contributed by atoms with van der Waals surface area (Å²) in [6, 6.07) is 0. The van der Waals surface area contributed by atoms with Crippen molar-refractivity contribution in [1.29, 1.82) is 0 Å². The average Bonchev–Trinajstić information content (AvgIpc) is 2.58. The number of aliphatic carboxylic acids is 1. The Morgan fingerprint density at radius 3 is 2.65 bits per heavy atom. The molecule has 0 aliphatic carbocycles. The highest BCUT2D eigenvalue weighted by atomic mass is 19.3. The van der Waals surface area contributed by atoms with Gasteiger partial charge in [0.2, 0.25) is 0 Å². The number of nitrogens with zero attached hydrogens (tertiary/aromatic N) is 1. The number of hydrogen-bond donors (Lipinski definition) is 1. The van der Waals surface area contributed by atoms with Crippen LogP contribution >= 0.6 is 0 Å². The highest BCUT2D eigenvalue weighted by Crippen LogP contribution is 2.27. The van der Waals surface area contributed by atoms with Gasteiger partial charge in [0.15, 0.2) is 0 Å². The monoisotopic (exact) mass is 249 g/mol. The molecule has 1 rings (SSSR count). The third kappa shape index (κ3) is 4.98. The van der Waals surface area contributed by atoms with Gasteiger partial charge in [0.25, 0.3) is 5.92 Å². The van der Waals surface area contributed by atoms with Crippen molar-refractivity contribution in [1.82, 2.24) is 4.90 Å². The van der Waals surface area contributed by atoms with Crippen LogP contribution in [0.15, 0.2) is 0 Å². The Morgan fingerprint density at radius 1 is 1.47 bits per heavy atom. The summed E-state index contributed by atoms with van der Waals surface area (Å²) in [7, 11) is 0. The predicted molar refractivity (Wildman–Crippen MR) is 61.3 cm³/mol. The van der Waals surface area contributed by atoms with Crippen molar-refractivity contribution in [3.05, 3.63) is 0 Å². The minimum atomic E-state index is -2.58. The molecule has 3 nitrogen and oxygen atoms in total. The van der Waals surface area contributed by atoms with Crippen LogP contribution in [0.3, 0.4) is 0 Å². The highest BCUT2D eigenvalue weighted by Gasteiger charge is 2.38. The lowest BCUT2D eigenvalue weighted by Crippen LogP contribution is -2.28. The van der Waals surface area contributed by atoms with E-state index in [2.05, 4.69) is 0 Å². The first-order chi connectivity index (χ1) is 7.94. The van der Waals surface area contributed by atoms with Gasteiger partial charge in [-0.15, -0.1) is 0 Å². The van der Waals surface area contributed by atoms with E-state index in [-0.39, 0.29) is 18.9 Å². The second kappa shape index (κ2) is 6.28. The zero-order valence-electron chi connectivity index (χ0n) is 10.3. The first-order valence-electron chi connectivity index (χ1n) is 6.27. The first kappa shape index (κ1) is 14.4. The standard InChI is InChI=1S/C12H21F2NO2/c1-2-3-4-10(11(16)17)5-7-15-8-6-12(13,14)9-15/h10H,2-9H2,1H3,(H,16,17). The summed E-state index contributed by atoms with van der Waals surface area (Å²) in [6.45, 7) is 2.65. The summed E-state index contributed by atoms with van der Waals surface area (Å²) in [6.07, 6.45) is 2.87. The van der Waals surface area contributed by atoms with Gasteiger partial charge >= 0.3 is 5.97 Å². The Labute approximate surface area is 101 Å². The van der Waals surface area contributed by atoms with Gasteiger partial charge in [0.1, 0.15) is 0 Å². The molecule has 1 heterocycles. The number of carboxylic acid groups (broad SMARTS) is 1. The van der Waals surface area contributed by atoms with Crippen LogP contribution in [0.2, 0.25) is 0 Å². The zero-order valence-corrected chi connectivity index (χ0v) is 10.3. The molecule has 1 atom stereocenters. The fraction of sp³-hybridized carbons (Fsp3) is 0.917. The van der Waals surface area contributed by atoms with Crippen LogP contribution in [-0.4, -0.2) is 41.5 Å². The van der Waals surface area contributed by atoms with Crippen LogP contribution in [0.5, 0.6) is 0 Å². The molecule has 1 aliphatic heterocycles. The van der Waals surface area contributed by atoms with E-state index in [1.165, 1.54) is 0 Å². The fourth-order valence-corrected chi connectivity index (χ4v) is 2.18. The van der Waals surface area contributed by atoms with Gasteiger partial charge in [-0.1, -0.05) is 19.8 Å². The van der Waals surface area contributed by atoms with Crippen LogP contribution in [-0.2, 0) is 4.79 Å². The van der Waals surface area contributed by atoms with Crippen LogP contribution in [0.25, 0.3) is 0 Å². The molecule has 0 aromatic carbocycles. The van der Waals surface area contributed by atoms with Crippen LogP contribution in [0.1, 0.15) is 39.0 Å². The van der Waals surface area contributed by atoms with Crippen molar-refractivity contribution in [2.45, 2.75) is 45.0 Å². The Kier molecular flexibility index (Phi) is 5.31. The third-order valence-corrected chi connectivity index (χ3v) is 3.30. The van der Waals surface area contributed by atoms with Crippen molar-refractivity contribution in [3.63, 3.8) is 0 Å². The van der Waals surface area contributed by atoms with Crippen molar-refractivity contribution >= 4 is 5.97 Å². The maximum Gasteiger partial charge on any atom is 0.306 e. The van der Waals surface area contributed by atoms with E-state index >= 15 is 0 Å². The zero-order chi connectivity index (χ0) is 12.9. The number of carbonyl (C=O) groups is 1. The van der Waals surface area contributed by atoms with Gasteiger partial charge < -0.3 is 5.11 Å². The topological polar surface area (TPSA) is 40.5 Å². The quantitative estimate of drug-likeness (QED) is 0.754. The summed E-state index contributed by atoms with van der Waals surface area (Å²) in [5, 5.41) is 9.01. The molecule has 17 heavy (non-hydrogen) atoms. The molecular formula is C12H21F2NO2. The SMILES string of the molecule is CCCCC(CCN1CCC(F)(F)C1)C(=O)O. The number of rotatable bonds is 7. The first-order valence-corrected chi connectivity index (χ1v) is 6.27. The number of carboxylic acids is 1. The second-order valence-electron chi connectivity index (χ2n) is 4.85. The summed E-state index contributed by atoms with van der Waals surface area (Å²) >= 11 is 0. The molecule has 1 fully saturated rings. The van der Waals surface area contributed by atoms with Gasteiger partial charge in [-0.2, -0.15) is 0 Å². The molecule has 0 saturated carbocycles. The molecule has 100 valence electrons. The van der Waals surface area contributed by atoms with Crippen molar-refractivity contribution in [2.24, 2.45) is 5.92 Å². The van der Waals surface area contributed by atoms with Gasteiger partial charge in [-0.3, -0.25) is 9.69 Å². The smallest absolute Gasteiger partial charge is 0.306 e. The van der Waals surface area contributed by atoms with Crippen molar-refractivity contribution in [3.8, 4) is 0 Å². The lowest BCUT2D eigenvalue weighted by molar-refractivity contribution is -0.142. The van der Waals surface area contributed by atoms with E-state index in [1.54, 1.807) is 4.90 Å². The molecule has 1 N–H and O–H groups in total. The summed E-state index contributed by atoms with van der Waals surface area (Å²) in [5.41, 5.74) is 0. The van der Waals surface area contributed by atoms with E-state index < -0.39 is 11.9 Å². The molecule has 0 bridgehead atoms. The van der Waals surface area contributed by atoms with Gasteiger partial charge in [-0.05, 0) is 19.4 Å². The van der Waals surface area contributed by atoms with E-state index in [9.17, 15) is 13.6 Å². The molecule has 1 unspecified atom stereocenters. The minimum Gasteiger partial charge on any atom is -0.481 e. The van der Waals surface area contributed by atoms with E-state index in [4.69, 9.17) is 5.11 Å². The molecule has 1 aliphatic rings. The number of hydrogen-bond acceptors (Lipinski definition) is 2. The van der Waals surface area contributed by atoms with Gasteiger partial charge in [0.05, 0.1) is 12.5 Å². The molecule has 0 aromatic heterocycles. The normalized spacial score (nSPS) is 21.6. The Morgan fingerprint density at radius 2 is 2.18 bits per heavy atom. The largest absolute Gasteiger partial charge is 0.481 e. The number of unbranched alkanes of at least 4 members (excludes halogenated alkanes) is 1. The lowest BCUT2D eigenvalue weighted by atomic mass is 9.98. The maximum absolute atomic E-state index is 12.9. The minimum absolute atomic E-state index is 0.0975. The van der Waals surface area contributed by atoms with E-state index in [0.717, 1.165) is 12.8 Å². The van der Waals surface area contributed by atoms with E-state index in [1.807, 2.05) is 6.92 Å². The van der Waals surface area contributed by atoms with Crippen LogP contribution in [0, 0.1) is 5.92 Å². The summed E-state index contributed by atoms with van der Waals surface area (Å²) in [4.78, 5) is 12.6. The number of alkyl halides is 2. The highest BCUT2D eigenvalue weighted by molar-refractivity contribution is 5.69. The predicted octanol–water partition coefficient (Wildman–Crippen LogP) is 2.61. The number of halogens is 2. The van der Waals surface area contributed by atoms with Crippen molar-refractivity contribution in [2.75, 3.05) is 19.6 Å². The molecule has 0 radical (unpaired) electrons. The van der Waals surface area contributed by atoms with Crippen molar-refractivity contribution < 1.29 is 18.7 Å². The third-order valence-electron chi connectivity index (χ3n) is 3.30. The maximum atomic E-state index is 12.9. The lowest BCUT2D eigenvalue weighted by Gasteiger charge is -2.18. The molecular weight excluding hydrogens is 228 g/mol.